The van der Waals surface area contributed by atoms with Crippen molar-refractivity contribution in [2.75, 3.05) is 24.5 Å². The van der Waals surface area contributed by atoms with Crippen LogP contribution in [0.15, 0.2) is 35.4 Å². The Bertz CT molecular complexity index is 1070. The molecule has 29 heavy (non-hydrogen) atoms. The highest BCUT2D eigenvalue weighted by Crippen LogP contribution is 2.21. The van der Waals surface area contributed by atoms with E-state index in [0.717, 1.165) is 60.8 Å². The largest absolute Gasteiger partial charge is 0.342 e. The zero-order valence-electron chi connectivity index (χ0n) is 16.6. The van der Waals surface area contributed by atoms with Gasteiger partial charge in [-0.2, -0.15) is 0 Å². The molecule has 0 spiro atoms. The number of aromatic amines is 1. The molecule has 0 saturated carbocycles. The van der Waals surface area contributed by atoms with Gasteiger partial charge in [0, 0.05) is 51.5 Å². The molecule has 1 N–H and O–H groups in total. The summed E-state index contributed by atoms with van der Waals surface area (Å²) in [6, 6.07) is 6.19. The molecule has 1 saturated heterocycles. The number of nitrogens with zero attached hydrogens (tertiary/aromatic N) is 5. The van der Waals surface area contributed by atoms with Crippen molar-refractivity contribution in [3.05, 3.63) is 57.8 Å². The lowest BCUT2D eigenvalue weighted by atomic mass is 10.1. The van der Waals surface area contributed by atoms with Crippen molar-refractivity contribution in [3.63, 3.8) is 0 Å². The predicted molar refractivity (Wildman–Crippen MR) is 113 cm³/mol. The van der Waals surface area contributed by atoms with Crippen LogP contribution in [0.25, 0.3) is 11.0 Å². The van der Waals surface area contributed by atoms with Gasteiger partial charge in [-0.15, -0.1) is 0 Å². The monoisotopic (exact) mass is 390 g/mol. The van der Waals surface area contributed by atoms with Gasteiger partial charge in [-0.3, -0.25) is 24.6 Å². The van der Waals surface area contributed by atoms with E-state index in [2.05, 4.69) is 36.9 Å². The van der Waals surface area contributed by atoms with Crippen LogP contribution in [-0.4, -0.2) is 44.5 Å². The highest BCUT2D eigenvalue weighted by molar-refractivity contribution is 5.74. The third-order valence-electron chi connectivity index (χ3n) is 5.98. The van der Waals surface area contributed by atoms with Gasteiger partial charge in [0.05, 0.1) is 22.3 Å². The molecule has 7 heteroatoms. The minimum Gasteiger partial charge on any atom is -0.342 e. The van der Waals surface area contributed by atoms with Gasteiger partial charge in [0.2, 0.25) is 5.95 Å². The normalized spacial score (nSPS) is 17.9. The molecule has 150 valence electrons. The van der Waals surface area contributed by atoms with Gasteiger partial charge in [-0.05, 0) is 30.5 Å². The molecule has 0 amide bonds. The fraction of sp³-hybridized carbons (Fsp3) is 0.455. The van der Waals surface area contributed by atoms with Crippen LogP contribution in [0.5, 0.6) is 0 Å². The molecule has 0 bridgehead atoms. The van der Waals surface area contributed by atoms with E-state index < -0.39 is 0 Å². The van der Waals surface area contributed by atoms with Crippen molar-refractivity contribution in [2.45, 2.75) is 45.2 Å². The maximum atomic E-state index is 12.8. The van der Waals surface area contributed by atoms with Crippen molar-refractivity contribution < 1.29 is 0 Å². The van der Waals surface area contributed by atoms with Crippen LogP contribution in [-0.2, 0) is 19.5 Å². The van der Waals surface area contributed by atoms with Crippen molar-refractivity contribution in [3.8, 4) is 0 Å². The number of aromatic nitrogens is 4. The summed E-state index contributed by atoms with van der Waals surface area (Å²) in [5.74, 6) is 0.761. The smallest absolute Gasteiger partial charge is 0.257 e. The van der Waals surface area contributed by atoms with Gasteiger partial charge in [0.25, 0.3) is 5.56 Å². The first-order valence-electron chi connectivity index (χ1n) is 10.6. The number of anilines is 1. The Labute approximate surface area is 169 Å². The second-order valence-electron chi connectivity index (χ2n) is 8.06. The quantitative estimate of drug-likeness (QED) is 0.741. The highest BCUT2D eigenvalue weighted by Gasteiger charge is 2.23. The summed E-state index contributed by atoms with van der Waals surface area (Å²) in [7, 11) is 0. The molecule has 0 atom stereocenters. The van der Waals surface area contributed by atoms with Gasteiger partial charge >= 0.3 is 0 Å². The van der Waals surface area contributed by atoms with Gasteiger partial charge in [-0.25, -0.2) is 4.98 Å². The van der Waals surface area contributed by atoms with Crippen LogP contribution >= 0.6 is 0 Å². The van der Waals surface area contributed by atoms with E-state index in [1.165, 1.54) is 31.2 Å². The molecule has 0 aliphatic carbocycles. The average Bonchev–Trinajstić information content (AvgIpc) is 3.04. The minimum absolute atomic E-state index is 0.0170. The van der Waals surface area contributed by atoms with Crippen LogP contribution in [0, 0.1) is 0 Å². The third-order valence-corrected chi connectivity index (χ3v) is 5.98. The molecule has 2 aromatic heterocycles. The fourth-order valence-corrected chi connectivity index (χ4v) is 4.40. The zero-order chi connectivity index (χ0) is 19.6. The van der Waals surface area contributed by atoms with Crippen LogP contribution in [0.3, 0.4) is 0 Å². The van der Waals surface area contributed by atoms with Crippen molar-refractivity contribution >= 4 is 17.0 Å². The summed E-state index contributed by atoms with van der Waals surface area (Å²) < 4.78 is 0. The number of hydrogen-bond acceptors (Lipinski definition) is 6. The number of nitrogens with one attached hydrogen (secondary N) is 1. The van der Waals surface area contributed by atoms with Gasteiger partial charge in [-0.1, -0.05) is 18.9 Å². The Hall–Kier alpha value is -2.80. The number of hydrogen-bond donors (Lipinski definition) is 1. The van der Waals surface area contributed by atoms with E-state index in [0.29, 0.717) is 6.54 Å². The van der Waals surface area contributed by atoms with Crippen molar-refractivity contribution in [1.29, 1.82) is 0 Å². The minimum atomic E-state index is 0.0170. The van der Waals surface area contributed by atoms with Gasteiger partial charge in [0.15, 0.2) is 0 Å². The fourth-order valence-electron chi connectivity index (χ4n) is 4.40. The van der Waals surface area contributed by atoms with E-state index >= 15 is 0 Å². The molecule has 3 aromatic rings. The first-order chi connectivity index (χ1) is 14.3. The van der Waals surface area contributed by atoms with Gasteiger partial charge < -0.3 is 4.90 Å². The molecule has 0 radical (unpaired) electrons. The van der Waals surface area contributed by atoms with Crippen LogP contribution < -0.4 is 10.5 Å². The van der Waals surface area contributed by atoms with E-state index in [-0.39, 0.29) is 5.56 Å². The Balaban J connectivity index is 1.34. The summed E-state index contributed by atoms with van der Waals surface area (Å²) in [6.45, 7) is 4.30. The van der Waals surface area contributed by atoms with E-state index in [4.69, 9.17) is 4.98 Å². The Morgan fingerprint density at radius 3 is 2.59 bits per heavy atom. The Kier molecular flexibility index (Phi) is 4.97. The molecular weight excluding hydrogens is 364 g/mol. The van der Waals surface area contributed by atoms with Gasteiger partial charge in [0.1, 0.15) is 0 Å². The summed E-state index contributed by atoms with van der Waals surface area (Å²) in [6.07, 6.45) is 9.12. The molecule has 1 fully saturated rings. The second-order valence-corrected chi connectivity index (χ2v) is 8.06. The summed E-state index contributed by atoms with van der Waals surface area (Å²) in [5.41, 5.74) is 4.80. The highest BCUT2D eigenvalue weighted by atomic mass is 16.1. The van der Waals surface area contributed by atoms with E-state index in [1.54, 1.807) is 12.4 Å². The van der Waals surface area contributed by atoms with Crippen molar-refractivity contribution in [1.82, 2.24) is 24.8 Å². The molecule has 2 aliphatic rings. The van der Waals surface area contributed by atoms with Crippen LogP contribution in [0.2, 0.25) is 0 Å². The topological polar surface area (TPSA) is 78.0 Å². The summed E-state index contributed by atoms with van der Waals surface area (Å²) in [4.78, 5) is 34.0. The summed E-state index contributed by atoms with van der Waals surface area (Å²) >= 11 is 0. The molecule has 5 rings (SSSR count). The first-order valence-corrected chi connectivity index (χ1v) is 10.6. The van der Waals surface area contributed by atoms with Crippen molar-refractivity contribution in [2.24, 2.45) is 0 Å². The molecular formula is C22H26N6O. The molecule has 4 heterocycles. The molecule has 2 aliphatic heterocycles. The SMILES string of the molecule is O=c1[nH]c(N2CCCCCC2)nc2c1CN(Cc1ccc3nccnc3c1)CC2. The molecule has 1 aromatic carbocycles. The lowest BCUT2D eigenvalue weighted by Crippen LogP contribution is -2.37. The number of H-pyrrole nitrogens is 1. The third kappa shape index (κ3) is 3.87. The number of rotatable bonds is 3. The Morgan fingerprint density at radius 1 is 0.966 bits per heavy atom. The van der Waals surface area contributed by atoms with Crippen LogP contribution in [0.4, 0.5) is 5.95 Å². The maximum absolute atomic E-state index is 12.8. The first kappa shape index (κ1) is 18.2. The standard InChI is InChI=1S/C22H26N6O/c29-21-17-15-27(14-16-5-6-19-20(13-16)24-9-8-23-19)12-7-18(17)25-22(26-21)28-10-3-1-2-4-11-28/h5-6,8-9,13H,1-4,7,10-12,14-15H2,(H,25,26,29). The maximum Gasteiger partial charge on any atom is 0.257 e. The number of benzene rings is 1. The summed E-state index contributed by atoms with van der Waals surface area (Å²) in [5, 5.41) is 0. The lowest BCUT2D eigenvalue weighted by molar-refractivity contribution is 0.242. The molecule has 0 unspecified atom stereocenters. The predicted octanol–water partition coefficient (Wildman–Crippen LogP) is 2.65. The lowest BCUT2D eigenvalue weighted by Gasteiger charge is -2.29. The zero-order valence-corrected chi connectivity index (χ0v) is 16.6. The number of fused-ring (bicyclic) bond motifs is 2. The molecule has 7 nitrogen and oxygen atoms in total. The van der Waals surface area contributed by atoms with E-state index in [1.807, 2.05) is 6.07 Å². The van der Waals surface area contributed by atoms with Crippen LogP contribution in [0.1, 0.15) is 42.5 Å². The average molecular weight is 390 g/mol. The second kappa shape index (κ2) is 7.91. The van der Waals surface area contributed by atoms with E-state index in [9.17, 15) is 4.79 Å². The Morgan fingerprint density at radius 2 is 1.76 bits per heavy atom.